The normalized spacial score (nSPS) is 25.3. The Morgan fingerprint density at radius 1 is 1.32 bits per heavy atom. The van der Waals surface area contributed by atoms with E-state index in [-0.39, 0.29) is 5.92 Å². The van der Waals surface area contributed by atoms with E-state index in [0.717, 1.165) is 0 Å². The summed E-state index contributed by atoms with van der Waals surface area (Å²) in [5.74, 6) is -4.11. The second-order valence-electron chi connectivity index (χ2n) is 4.91. The number of benzene rings is 1. The molecule has 0 bridgehead atoms. The minimum absolute atomic E-state index is 0.236. The molecule has 0 spiro atoms. The van der Waals surface area contributed by atoms with E-state index in [1.807, 2.05) is 13.0 Å². The molecule has 19 heavy (non-hydrogen) atoms. The quantitative estimate of drug-likeness (QED) is 0.838. The van der Waals surface area contributed by atoms with Crippen molar-refractivity contribution in [2.24, 2.45) is 11.3 Å². The van der Waals surface area contributed by atoms with E-state index in [4.69, 9.17) is 5.26 Å². The first-order valence-corrected chi connectivity index (χ1v) is 5.75. The molecule has 0 radical (unpaired) electrons. The monoisotopic (exact) mass is 268 g/mol. The smallest absolute Gasteiger partial charge is 0.244 e. The first-order valence-electron chi connectivity index (χ1n) is 5.75. The van der Waals surface area contributed by atoms with E-state index in [2.05, 4.69) is 5.32 Å². The number of anilines is 1. The van der Waals surface area contributed by atoms with Crippen LogP contribution in [0.25, 0.3) is 0 Å². The van der Waals surface area contributed by atoms with Crippen molar-refractivity contribution in [1.82, 2.24) is 0 Å². The van der Waals surface area contributed by atoms with Gasteiger partial charge in [0, 0.05) is 12.1 Å². The highest BCUT2D eigenvalue weighted by Crippen LogP contribution is 2.45. The lowest BCUT2D eigenvalue weighted by Crippen LogP contribution is -2.45. The van der Waals surface area contributed by atoms with Gasteiger partial charge in [-0.15, -0.1) is 0 Å². The molecule has 1 aliphatic carbocycles. The maximum absolute atomic E-state index is 13.4. The number of nitriles is 1. The molecule has 0 unspecified atom stereocenters. The number of halogens is 3. The molecule has 100 valence electrons. The molecule has 1 N–H and O–H groups in total. The van der Waals surface area contributed by atoms with Crippen LogP contribution in [0.15, 0.2) is 12.1 Å². The minimum Gasteiger partial charge on any atom is -0.322 e. The van der Waals surface area contributed by atoms with Crippen molar-refractivity contribution >= 4 is 11.6 Å². The summed E-state index contributed by atoms with van der Waals surface area (Å²) in [6, 6.07) is 2.83. The Morgan fingerprint density at radius 2 is 1.89 bits per heavy atom. The van der Waals surface area contributed by atoms with E-state index in [1.54, 1.807) is 0 Å². The van der Waals surface area contributed by atoms with Crippen molar-refractivity contribution in [2.75, 3.05) is 5.32 Å². The molecule has 1 amide bonds. The van der Waals surface area contributed by atoms with E-state index in [0.29, 0.717) is 25.0 Å². The maximum atomic E-state index is 13.4. The fourth-order valence-electron chi connectivity index (χ4n) is 2.32. The van der Waals surface area contributed by atoms with Crippen molar-refractivity contribution < 1.29 is 18.0 Å². The predicted octanol–water partition coefficient (Wildman–Crippen LogP) is 2.98. The number of nitrogens with zero attached hydrogens (tertiary/aromatic N) is 1. The van der Waals surface area contributed by atoms with Gasteiger partial charge in [0.1, 0.15) is 11.2 Å². The molecule has 1 fully saturated rings. The van der Waals surface area contributed by atoms with E-state index < -0.39 is 34.5 Å². The molecule has 0 saturated heterocycles. The molecule has 0 atom stereocenters. The third-order valence-corrected chi connectivity index (χ3v) is 3.30. The van der Waals surface area contributed by atoms with Crippen LogP contribution in [0.4, 0.5) is 18.9 Å². The van der Waals surface area contributed by atoms with Crippen molar-refractivity contribution in [2.45, 2.75) is 19.8 Å². The van der Waals surface area contributed by atoms with E-state index in [9.17, 15) is 18.0 Å². The van der Waals surface area contributed by atoms with Gasteiger partial charge in [0.05, 0.1) is 11.8 Å². The number of carbonyl (C=O) groups is 1. The first-order chi connectivity index (χ1) is 8.88. The van der Waals surface area contributed by atoms with Gasteiger partial charge in [-0.25, -0.2) is 13.2 Å². The van der Waals surface area contributed by atoms with Gasteiger partial charge in [-0.1, -0.05) is 6.92 Å². The summed E-state index contributed by atoms with van der Waals surface area (Å²) in [7, 11) is 0. The summed E-state index contributed by atoms with van der Waals surface area (Å²) < 4.78 is 39.1. The first kappa shape index (κ1) is 13.4. The van der Waals surface area contributed by atoms with Crippen LogP contribution in [0.1, 0.15) is 19.8 Å². The largest absolute Gasteiger partial charge is 0.322 e. The van der Waals surface area contributed by atoms with Gasteiger partial charge >= 0.3 is 0 Å². The van der Waals surface area contributed by atoms with Gasteiger partial charge in [-0.05, 0) is 18.8 Å². The number of amides is 1. The number of hydrogen-bond donors (Lipinski definition) is 1. The van der Waals surface area contributed by atoms with E-state index in [1.165, 1.54) is 0 Å². The van der Waals surface area contributed by atoms with Gasteiger partial charge in [0.2, 0.25) is 5.91 Å². The highest BCUT2D eigenvalue weighted by Gasteiger charge is 2.49. The molecular formula is C13H11F3N2O. The summed E-state index contributed by atoms with van der Waals surface area (Å²) in [4.78, 5) is 11.9. The maximum Gasteiger partial charge on any atom is 0.244 e. The topological polar surface area (TPSA) is 52.9 Å². The Morgan fingerprint density at radius 3 is 2.42 bits per heavy atom. The second kappa shape index (κ2) is 4.57. The Hall–Kier alpha value is -2.03. The number of carbonyl (C=O) groups excluding carboxylic acids is 1. The molecule has 3 nitrogen and oxygen atoms in total. The van der Waals surface area contributed by atoms with Gasteiger partial charge in [-0.3, -0.25) is 4.79 Å². The van der Waals surface area contributed by atoms with Crippen molar-refractivity contribution in [3.8, 4) is 6.07 Å². The minimum atomic E-state index is -1.33. The molecule has 1 aromatic carbocycles. The van der Waals surface area contributed by atoms with E-state index >= 15 is 0 Å². The fourth-order valence-corrected chi connectivity index (χ4v) is 2.32. The summed E-state index contributed by atoms with van der Waals surface area (Å²) in [5.41, 5.74) is -1.66. The van der Waals surface area contributed by atoms with Gasteiger partial charge in [-0.2, -0.15) is 5.26 Å². The Kier molecular flexibility index (Phi) is 3.23. The summed E-state index contributed by atoms with van der Waals surface area (Å²) in [5, 5.41) is 11.2. The molecule has 2 rings (SSSR count). The Labute approximate surface area is 108 Å². The number of hydrogen-bond acceptors (Lipinski definition) is 2. The summed E-state index contributed by atoms with van der Waals surface area (Å²) in [6.45, 7) is 1.89. The molecular weight excluding hydrogens is 257 g/mol. The average Bonchev–Trinajstić information content (AvgIpc) is 2.31. The number of rotatable bonds is 2. The highest BCUT2D eigenvalue weighted by molar-refractivity contribution is 5.98. The van der Waals surface area contributed by atoms with Crippen molar-refractivity contribution in [3.05, 3.63) is 29.6 Å². The molecule has 0 heterocycles. The second-order valence-corrected chi connectivity index (χ2v) is 4.91. The van der Waals surface area contributed by atoms with Crippen molar-refractivity contribution in [1.29, 1.82) is 5.26 Å². The average molecular weight is 268 g/mol. The molecule has 0 aliphatic heterocycles. The third-order valence-electron chi connectivity index (χ3n) is 3.30. The van der Waals surface area contributed by atoms with Crippen LogP contribution >= 0.6 is 0 Å². The molecule has 1 saturated carbocycles. The zero-order valence-electron chi connectivity index (χ0n) is 10.1. The summed E-state index contributed by atoms with van der Waals surface area (Å²) >= 11 is 0. The Balaban J connectivity index is 2.20. The standard InChI is InChI=1S/C13H11F3N2O/c1-7-4-13(5-7,6-17)12(19)18-11-3-9(15)8(14)2-10(11)16/h2-3,7H,4-5H2,1H3,(H,18,19). The van der Waals surface area contributed by atoms with Gasteiger partial charge in [0.15, 0.2) is 11.6 Å². The molecule has 1 aliphatic rings. The lowest BCUT2D eigenvalue weighted by atomic mass is 9.63. The lowest BCUT2D eigenvalue weighted by Gasteiger charge is -2.39. The predicted molar refractivity (Wildman–Crippen MR) is 61.4 cm³/mol. The van der Waals surface area contributed by atoms with Gasteiger partial charge in [0.25, 0.3) is 0 Å². The molecule has 6 heteroatoms. The van der Waals surface area contributed by atoms with Crippen LogP contribution in [-0.4, -0.2) is 5.91 Å². The summed E-state index contributed by atoms with van der Waals surface area (Å²) in [6.07, 6.45) is 0.751. The zero-order valence-corrected chi connectivity index (χ0v) is 10.1. The van der Waals surface area contributed by atoms with Crippen LogP contribution in [0.5, 0.6) is 0 Å². The van der Waals surface area contributed by atoms with Crippen LogP contribution in [0, 0.1) is 40.1 Å². The highest BCUT2D eigenvalue weighted by atomic mass is 19.2. The third kappa shape index (κ3) is 2.28. The molecule has 1 aromatic rings. The number of nitrogens with one attached hydrogen (secondary N) is 1. The van der Waals surface area contributed by atoms with Gasteiger partial charge < -0.3 is 5.32 Å². The zero-order chi connectivity index (χ0) is 14.2. The fraction of sp³-hybridized carbons (Fsp3) is 0.385. The van der Waals surface area contributed by atoms with Crippen LogP contribution < -0.4 is 5.32 Å². The van der Waals surface area contributed by atoms with Crippen LogP contribution in [-0.2, 0) is 4.79 Å². The van der Waals surface area contributed by atoms with Crippen LogP contribution in [0.2, 0.25) is 0 Å². The van der Waals surface area contributed by atoms with Crippen LogP contribution in [0.3, 0.4) is 0 Å². The van der Waals surface area contributed by atoms with Crippen molar-refractivity contribution in [3.63, 3.8) is 0 Å². The SMILES string of the molecule is CC1CC(C#N)(C(=O)Nc2cc(F)c(F)cc2F)C1. The molecule has 0 aromatic heterocycles. The lowest BCUT2D eigenvalue weighted by molar-refractivity contribution is -0.128. The Bertz CT molecular complexity index is 574.